The molecule has 0 aromatic carbocycles. The third-order valence-electron chi connectivity index (χ3n) is 4.61. The maximum atomic E-state index is 14.0. The molecule has 1 saturated heterocycles. The van der Waals surface area contributed by atoms with E-state index in [1.807, 2.05) is 11.0 Å². The normalized spacial score (nSPS) is 25.6. The number of aryl methyl sites for hydroxylation is 1. The number of nitrogens with zero attached hydrogens (tertiary/aromatic N) is 5. The zero-order valence-electron chi connectivity index (χ0n) is 13.8. The van der Waals surface area contributed by atoms with Crippen molar-refractivity contribution in [2.75, 3.05) is 30.9 Å². The number of hydrogen-bond acceptors (Lipinski definition) is 9. The van der Waals surface area contributed by atoms with Gasteiger partial charge in [-0.3, -0.25) is 0 Å². The Bertz CT molecular complexity index is 830. The number of fused-ring (bicyclic) bond motifs is 1. The van der Waals surface area contributed by atoms with E-state index in [9.17, 15) is 4.39 Å². The molecule has 10 heteroatoms. The molecule has 132 valence electrons. The molecule has 4 rings (SSSR count). The molecule has 0 radical (unpaired) electrons. The van der Waals surface area contributed by atoms with E-state index in [0.717, 1.165) is 17.2 Å². The third kappa shape index (κ3) is 2.63. The van der Waals surface area contributed by atoms with Gasteiger partial charge in [0.1, 0.15) is 5.54 Å². The average Bonchev–Trinajstić information content (AvgIpc) is 3.24. The molecule has 2 aromatic rings. The standard InChI is InChI=1S/C15H17FN6OS2/c1-8-11(16)12(23-2)20-14(19-8)22-5-9-6-24-13(17)21-15(9,7-22)10-3-4-18-25-10/h3-4,9H,5-7H2,1-2H3,(H2,17,21)/t9-,15-/m0/s1. The van der Waals surface area contributed by atoms with Gasteiger partial charge in [-0.05, 0) is 24.5 Å². The topological polar surface area (TPSA) is 89.5 Å². The first-order valence-corrected chi connectivity index (χ1v) is 9.52. The van der Waals surface area contributed by atoms with Crippen LogP contribution in [0, 0.1) is 18.7 Å². The molecule has 2 N–H and O–H groups in total. The van der Waals surface area contributed by atoms with E-state index in [4.69, 9.17) is 15.5 Å². The van der Waals surface area contributed by atoms with E-state index in [-0.39, 0.29) is 17.5 Å². The summed E-state index contributed by atoms with van der Waals surface area (Å²) < 4.78 is 23.3. The summed E-state index contributed by atoms with van der Waals surface area (Å²) in [5.74, 6) is 0.999. The minimum Gasteiger partial charge on any atom is -0.479 e. The van der Waals surface area contributed by atoms with Gasteiger partial charge in [-0.15, -0.1) is 0 Å². The summed E-state index contributed by atoms with van der Waals surface area (Å²) in [6.07, 6.45) is 1.78. The zero-order chi connectivity index (χ0) is 17.6. The number of thioether (sulfide) groups is 1. The average molecular weight is 380 g/mol. The van der Waals surface area contributed by atoms with Crippen molar-refractivity contribution >= 4 is 34.4 Å². The van der Waals surface area contributed by atoms with E-state index in [2.05, 4.69) is 14.3 Å². The number of amidine groups is 1. The Morgan fingerprint density at radius 2 is 2.28 bits per heavy atom. The molecular weight excluding hydrogens is 363 g/mol. The van der Waals surface area contributed by atoms with Gasteiger partial charge in [-0.25, -0.2) is 14.3 Å². The van der Waals surface area contributed by atoms with Crippen LogP contribution in [0.1, 0.15) is 10.6 Å². The van der Waals surface area contributed by atoms with Crippen molar-refractivity contribution in [1.29, 1.82) is 0 Å². The van der Waals surface area contributed by atoms with Crippen LogP contribution in [0.2, 0.25) is 0 Å². The van der Waals surface area contributed by atoms with E-state index in [0.29, 0.717) is 17.7 Å². The largest absolute Gasteiger partial charge is 0.479 e. The summed E-state index contributed by atoms with van der Waals surface area (Å²) >= 11 is 3.00. The van der Waals surface area contributed by atoms with Gasteiger partial charge >= 0.3 is 0 Å². The fourth-order valence-corrected chi connectivity index (χ4v) is 5.13. The van der Waals surface area contributed by atoms with Gasteiger partial charge in [0.25, 0.3) is 5.88 Å². The van der Waals surface area contributed by atoms with Crippen molar-refractivity contribution in [2.24, 2.45) is 16.6 Å². The first kappa shape index (κ1) is 16.5. The fraction of sp³-hybridized carbons (Fsp3) is 0.467. The number of halogens is 1. The second-order valence-electron chi connectivity index (χ2n) is 6.07. The van der Waals surface area contributed by atoms with Gasteiger partial charge in [-0.1, -0.05) is 11.8 Å². The highest BCUT2D eigenvalue weighted by atomic mass is 32.2. The Kier molecular flexibility index (Phi) is 4.03. The summed E-state index contributed by atoms with van der Waals surface area (Å²) in [4.78, 5) is 16.5. The molecule has 0 aliphatic carbocycles. The molecule has 25 heavy (non-hydrogen) atoms. The number of ether oxygens (including phenoxy) is 1. The Balaban J connectivity index is 1.75. The van der Waals surface area contributed by atoms with Crippen LogP contribution in [0.5, 0.6) is 5.88 Å². The summed E-state index contributed by atoms with van der Waals surface area (Å²) in [7, 11) is 1.40. The van der Waals surface area contributed by atoms with Crippen molar-refractivity contribution in [3.8, 4) is 5.88 Å². The highest BCUT2D eigenvalue weighted by Gasteiger charge is 2.51. The van der Waals surface area contributed by atoms with Crippen LogP contribution in [0.3, 0.4) is 0 Å². The molecule has 2 atom stereocenters. The second kappa shape index (κ2) is 6.10. The lowest BCUT2D eigenvalue weighted by Gasteiger charge is -2.32. The third-order valence-corrected chi connectivity index (χ3v) is 6.47. The molecule has 2 aliphatic rings. The Hall–Kier alpha value is -1.94. The highest BCUT2D eigenvalue weighted by molar-refractivity contribution is 8.13. The molecule has 0 spiro atoms. The Labute approximate surface area is 152 Å². The predicted molar refractivity (Wildman–Crippen MR) is 96.9 cm³/mol. The minimum atomic E-state index is -0.530. The number of anilines is 1. The van der Waals surface area contributed by atoms with E-state index >= 15 is 0 Å². The molecule has 7 nitrogen and oxygen atoms in total. The number of aliphatic imine (C=N–C) groups is 1. The molecule has 4 heterocycles. The molecule has 0 bridgehead atoms. The lowest BCUT2D eigenvalue weighted by atomic mass is 9.87. The zero-order valence-corrected chi connectivity index (χ0v) is 15.4. The number of methoxy groups -OCH3 is 1. The molecule has 0 saturated carbocycles. The molecule has 2 aromatic heterocycles. The summed E-state index contributed by atoms with van der Waals surface area (Å²) in [6.45, 7) is 2.91. The van der Waals surface area contributed by atoms with Crippen molar-refractivity contribution in [2.45, 2.75) is 12.5 Å². The first-order valence-electron chi connectivity index (χ1n) is 7.76. The van der Waals surface area contributed by atoms with E-state index in [1.165, 1.54) is 18.6 Å². The van der Waals surface area contributed by atoms with Crippen LogP contribution in [-0.4, -0.2) is 45.5 Å². The fourth-order valence-electron chi connectivity index (χ4n) is 3.35. The molecule has 0 amide bonds. The van der Waals surface area contributed by atoms with Crippen LogP contribution in [0.4, 0.5) is 10.3 Å². The van der Waals surface area contributed by atoms with Crippen molar-refractivity contribution < 1.29 is 9.13 Å². The van der Waals surface area contributed by atoms with Crippen LogP contribution < -0.4 is 15.4 Å². The van der Waals surface area contributed by atoms with Crippen LogP contribution in [-0.2, 0) is 5.54 Å². The van der Waals surface area contributed by atoms with Crippen LogP contribution in [0.25, 0.3) is 0 Å². The Morgan fingerprint density at radius 1 is 1.44 bits per heavy atom. The molecule has 2 aliphatic heterocycles. The molecular formula is C15H17FN6OS2. The SMILES string of the molecule is COc1nc(N2C[C@H]3CSC(N)=N[C@@]3(c3ccns3)C2)nc(C)c1F. The number of nitrogens with two attached hydrogens (primary N) is 1. The predicted octanol–water partition coefficient (Wildman–Crippen LogP) is 1.78. The smallest absolute Gasteiger partial charge is 0.255 e. The maximum Gasteiger partial charge on any atom is 0.255 e. The molecule has 0 unspecified atom stereocenters. The van der Waals surface area contributed by atoms with Gasteiger partial charge < -0.3 is 15.4 Å². The lowest BCUT2D eigenvalue weighted by Crippen LogP contribution is -2.39. The van der Waals surface area contributed by atoms with Gasteiger partial charge in [0.2, 0.25) is 11.8 Å². The van der Waals surface area contributed by atoms with Gasteiger partial charge in [0, 0.05) is 24.4 Å². The Morgan fingerprint density at radius 3 is 3.00 bits per heavy atom. The summed E-state index contributed by atoms with van der Waals surface area (Å²) in [5, 5.41) is 0.584. The van der Waals surface area contributed by atoms with Crippen LogP contribution >= 0.6 is 23.3 Å². The number of aromatic nitrogens is 3. The quantitative estimate of drug-likeness (QED) is 0.868. The van der Waals surface area contributed by atoms with Gasteiger partial charge in [-0.2, -0.15) is 9.37 Å². The molecule has 1 fully saturated rings. The first-order chi connectivity index (χ1) is 12.0. The lowest BCUT2D eigenvalue weighted by molar-refractivity contribution is 0.365. The number of hydrogen-bond donors (Lipinski definition) is 1. The van der Waals surface area contributed by atoms with E-state index in [1.54, 1.807) is 24.9 Å². The van der Waals surface area contributed by atoms with Crippen LogP contribution in [0.15, 0.2) is 17.3 Å². The maximum absolute atomic E-state index is 14.0. The van der Waals surface area contributed by atoms with Crippen molar-refractivity contribution in [3.05, 3.63) is 28.7 Å². The summed E-state index contributed by atoms with van der Waals surface area (Å²) in [5.41, 5.74) is 5.85. The van der Waals surface area contributed by atoms with Gasteiger partial charge in [0.15, 0.2) is 5.17 Å². The second-order valence-corrected chi connectivity index (χ2v) is 7.95. The summed E-state index contributed by atoms with van der Waals surface area (Å²) in [6, 6.07) is 1.99. The minimum absolute atomic E-state index is 0.0402. The van der Waals surface area contributed by atoms with E-state index < -0.39 is 11.4 Å². The number of rotatable bonds is 3. The highest BCUT2D eigenvalue weighted by Crippen LogP contribution is 2.47. The van der Waals surface area contributed by atoms with Crippen molar-refractivity contribution in [1.82, 2.24) is 14.3 Å². The van der Waals surface area contributed by atoms with Crippen molar-refractivity contribution in [3.63, 3.8) is 0 Å². The van der Waals surface area contributed by atoms with Gasteiger partial charge in [0.05, 0.1) is 24.2 Å². The monoisotopic (exact) mass is 380 g/mol.